The highest BCUT2D eigenvalue weighted by Gasteiger charge is 2.41. The minimum Gasteiger partial charge on any atom is -0.296 e. The molecule has 0 bridgehead atoms. The van der Waals surface area contributed by atoms with Crippen LogP contribution in [0.5, 0.6) is 0 Å². The number of hydrogen-bond acceptors (Lipinski definition) is 2. The largest absolute Gasteiger partial charge is 0.296 e. The van der Waals surface area contributed by atoms with Gasteiger partial charge >= 0.3 is 0 Å². The number of hydrogen-bond donors (Lipinski definition) is 0. The average Bonchev–Trinajstić information content (AvgIpc) is 2.89. The van der Waals surface area contributed by atoms with Crippen LogP contribution in [0.2, 0.25) is 5.28 Å². The van der Waals surface area contributed by atoms with Crippen molar-refractivity contribution in [3.63, 3.8) is 0 Å². The number of halogens is 1. The van der Waals surface area contributed by atoms with Gasteiger partial charge in [-0.2, -0.15) is 0 Å². The van der Waals surface area contributed by atoms with E-state index in [0.29, 0.717) is 11.2 Å². The van der Waals surface area contributed by atoms with E-state index in [2.05, 4.69) is 42.5 Å². The molecule has 0 saturated heterocycles. The second-order valence-corrected chi connectivity index (χ2v) is 5.58. The zero-order valence-corrected chi connectivity index (χ0v) is 10.5. The maximum atomic E-state index is 6.13. The first-order valence-corrected chi connectivity index (χ1v) is 5.93. The maximum Gasteiger partial charge on any atom is 0.225 e. The number of nitrogens with zero attached hydrogens (tertiary/aromatic N) is 3. The Balaban J connectivity index is 2.45. The molecule has 4 heteroatoms. The molecule has 84 valence electrons. The van der Waals surface area contributed by atoms with Crippen LogP contribution in [0.3, 0.4) is 0 Å². The van der Waals surface area contributed by atoms with Crippen molar-refractivity contribution in [1.82, 2.24) is 14.8 Å². The van der Waals surface area contributed by atoms with Gasteiger partial charge in [-0.3, -0.25) is 4.57 Å². The zero-order chi connectivity index (χ0) is 11.2. The van der Waals surface area contributed by atoms with Crippen molar-refractivity contribution < 1.29 is 0 Å². The monoisotopic (exact) mass is 227 g/mol. The molecule has 1 aliphatic carbocycles. The molecule has 0 N–H and O–H groups in total. The third-order valence-electron chi connectivity index (χ3n) is 3.32. The second kappa shape index (κ2) is 3.48. The van der Waals surface area contributed by atoms with Gasteiger partial charge in [0.05, 0.1) is 0 Å². The van der Waals surface area contributed by atoms with Gasteiger partial charge in [0, 0.05) is 11.5 Å². The van der Waals surface area contributed by atoms with Crippen LogP contribution in [0, 0.1) is 5.92 Å². The van der Waals surface area contributed by atoms with Crippen LogP contribution in [0.4, 0.5) is 0 Å². The van der Waals surface area contributed by atoms with Gasteiger partial charge in [0.15, 0.2) is 0 Å². The van der Waals surface area contributed by atoms with Crippen LogP contribution >= 0.6 is 11.6 Å². The van der Waals surface area contributed by atoms with Gasteiger partial charge in [0.1, 0.15) is 5.82 Å². The summed E-state index contributed by atoms with van der Waals surface area (Å²) in [6.45, 7) is 8.71. The molecule has 0 atom stereocenters. The molecule has 0 unspecified atom stereocenters. The van der Waals surface area contributed by atoms with E-state index in [-0.39, 0.29) is 5.54 Å². The van der Waals surface area contributed by atoms with E-state index < -0.39 is 0 Å². The fourth-order valence-corrected chi connectivity index (χ4v) is 2.50. The van der Waals surface area contributed by atoms with Crippen LogP contribution in [-0.4, -0.2) is 14.8 Å². The van der Waals surface area contributed by atoms with Crippen molar-refractivity contribution in [3.05, 3.63) is 11.1 Å². The standard InChI is InChI=1S/C11H18ClN3/c1-7(2)9-13-14-10(12)15(9)11(3,4)8-5-6-8/h7-8H,5-6H2,1-4H3. The Bertz CT molecular complexity index is 364. The van der Waals surface area contributed by atoms with E-state index in [0.717, 1.165) is 11.7 Å². The minimum absolute atomic E-state index is 0.0557. The molecule has 1 aromatic rings. The summed E-state index contributed by atoms with van der Waals surface area (Å²) in [7, 11) is 0. The van der Waals surface area contributed by atoms with E-state index >= 15 is 0 Å². The topological polar surface area (TPSA) is 30.7 Å². The van der Waals surface area contributed by atoms with Crippen molar-refractivity contribution in [2.24, 2.45) is 5.92 Å². The van der Waals surface area contributed by atoms with Crippen LogP contribution in [0.25, 0.3) is 0 Å². The van der Waals surface area contributed by atoms with Crippen molar-refractivity contribution >= 4 is 11.6 Å². The zero-order valence-electron chi connectivity index (χ0n) is 9.79. The first-order valence-electron chi connectivity index (χ1n) is 5.56. The van der Waals surface area contributed by atoms with E-state index in [1.165, 1.54) is 12.8 Å². The van der Waals surface area contributed by atoms with Gasteiger partial charge in [0.2, 0.25) is 5.28 Å². The van der Waals surface area contributed by atoms with Crippen molar-refractivity contribution in [2.45, 2.75) is 52.0 Å². The van der Waals surface area contributed by atoms with E-state index in [4.69, 9.17) is 11.6 Å². The van der Waals surface area contributed by atoms with Gasteiger partial charge < -0.3 is 0 Å². The Morgan fingerprint density at radius 1 is 1.33 bits per heavy atom. The molecule has 0 aliphatic heterocycles. The first-order chi connectivity index (χ1) is 6.94. The second-order valence-electron chi connectivity index (χ2n) is 5.25. The SMILES string of the molecule is CC(C)c1nnc(Cl)n1C(C)(C)C1CC1. The van der Waals surface area contributed by atoms with Gasteiger partial charge in [-0.15, -0.1) is 10.2 Å². The lowest BCUT2D eigenvalue weighted by molar-refractivity contribution is 0.292. The summed E-state index contributed by atoms with van der Waals surface area (Å²) in [5.74, 6) is 2.09. The third kappa shape index (κ3) is 1.78. The molecular weight excluding hydrogens is 210 g/mol. The minimum atomic E-state index is 0.0557. The molecule has 0 amide bonds. The van der Waals surface area contributed by atoms with Crippen LogP contribution in [0.15, 0.2) is 0 Å². The van der Waals surface area contributed by atoms with E-state index in [9.17, 15) is 0 Å². The predicted octanol–water partition coefficient (Wildman–Crippen LogP) is 3.20. The van der Waals surface area contributed by atoms with Crippen LogP contribution in [0.1, 0.15) is 52.3 Å². The molecule has 2 rings (SSSR count). The van der Waals surface area contributed by atoms with Gasteiger partial charge in [-0.05, 0) is 44.2 Å². The van der Waals surface area contributed by atoms with Crippen molar-refractivity contribution in [2.75, 3.05) is 0 Å². The number of rotatable bonds is 3. The molecule has 1 saturated carbocycles. The lowest BCUT2D eigenvalue weighted by Gasteiger charge is -2.29. The molecular formula is C11H18ClN3. The van der Waals surface area contributed by atoms with Crippen molar-refractivity contribution in [1.29, 1.82) is 0 Å². The van der Waals surface area contributed by atoms with E-state index in [1.54, 1.807) is 0 Å². The Hall–Kier alpha value is -0.570. The fraction of sp³-hybridized carbons (Fsp3) is 0.818. The Morgan fingerprint density at radius 2 is 1.93 bits per heavy atom. The molecule has 0 spiro atoms. The molecule has 15 heavy (non-hydrogen) atoms. The third-order valence-corrected chi connectivity index (χ3v) is 3.56. The molecule has 1 fully saturated rings. The summed E-state index contributed by atoms with van der Waals surface area (Å²) in [4.78, 5) is 0. The molecule has 3 nitrogen and oxygen atoms in total. The van der Waals surface area contributed by atoms with Gasteiger partial charge in [-0.25, -0.2) is 0 Å². The summed E-state index contributed by atoms with van der Waals surface area (Å²) >= 11 is 6.13. The molecule has 1 aliphatic rings. The van der Waals surface area contributed by atoms with Crippen molar-refractivity contribution in [3.8, 4) is 0 Å². The summed E-state index contributed by atoms with van der Waals surface area (Å²) in [6, 6.07) is 0. The quantitative estimate of drug-likeness (QED) is 0.794. The van der Waals surface area contributed by atoms with Crippen LogP contribution in [-0.2, 0) is 5.54 Å². The van der Waals surface area contributed by atoms with Crippen LogP contribution < -0.4 is 0 Å². The predicted molar refractivity (Wildman–Crippen MR) is 61.2 cm³/mol. The van der Waals surface area contributed by atoms with Gasteiger partial charge in [0.25, 0.3) is 0 Å². The fourth-order valence-electron chi connectivity index (χ4n) is 2.16. The summed E-state index contributed by atoms with van der Waals surface area (Å²) in [6.07, 6.45) is 2.58. The average molecular weight is 228 g/mol. The molecule has 1 heterocycles. The smallest absolute Gasteiger partial charge is 0.225 e. The maximum absolute atomic E-state index is 6.13. The highest BCUT2D eigenvalue weighted by Crippen LogP contribution is 2.45. The Kier molecular flexibility index (Phi) is 2.53. The summed E-state index contributed by atoms with van der Waals surface area (Å²) in [5.41, 5.74) is 0.0557. The van der Waals surface area contributed by atoms with E-state index in [1.807, 2.05) is 0 Å². The lowest BCUT2D eigenvalue weighted by atomic mass is 9.97. The Morgan fingerprint density at radius 3 is 2.40 bits per heavy atom. The highest BCUT2D eigenvalue weighted by atomic mass is 35.5. The highest BCUT2D eigenvalue weighted by molar-refractivity contribution is 6.28. The summed E-state index contributed by atoms with van der Waals surface area (Å²) in [5, 5.41) is 8.69. The molecule has 1 aromatic heterocycles. The van der Waals surface area contributed by atoms with Gasteiger partial charge in [-0.1, -0.05) is 13.8 Å². The summed E-state index contributed by atoms with van der Waals surface area (Å²) < 4.78 is 2.11. The molecule has 0 aromatic carbocycles. The number of aromatic nitrogens is 3. The normalized spacial score (nSPS) is 17.5. The molecule has 0 radical (unpaired) electrons. The Labute approximate surface area is 95.8 Å². The lowest BCUT2D eigenvalue weighted by Crippen LogP contribution is -2.31. The first kappa shape index (κ1) is 10.9.